The molecule has 1 amide bonds. The van der Waals surface area contributed by atoms with Crippen molar-refractivity contribution in [2.75, 3.05) is 6.67 Å². The molecule has 2 rings (SSSR count). The Kier molecular flexibility index (Phi) is 4.02. The summed E-state index contributed by atoms with van der Waals surface area (Å²) in [7, 11) is 0. The van der Waals surface area contributed by atoms with Crippen LogP contribution in [0, 0.1) is 0 Å². The van der Waals surface area contributed by atoms with Gasteiger partial charge in [0.2, 0.25) is 0 Å². The van der Waals surface area contributed by atoms with E-state index in [-0.39, 0.29) is 12.3 Å². The highest BCUT2D eigenvalue weighted by Gasteiger charge is 2.22. The normalized spacial score (nSPS) is 14.8. The van der Waals surface area contributed by atoms with Crippen LogP contribution in [-0.4, -0.2) is 29.7 Å². The number of carboxylic acids is 1. The lowest BCUT2D eigenvalue weighted by atomic mass is 10.1. The number of hydrogen-bond donors (Lipinski definition) is 4. The molecule has 1 aliphatic heterocycles. The second-order valence-corrected chi connectivity index (χ2v) is 4.16. The molecule has 100 valence electrons. The standard InChI is InChI=1S/C13H15N3O3/c17-12(9-4-2-1-3-5-9)16-11(13(18)19)6-10-7-14-8-15-10/h1-5,7,11,14-15H,6,8H2,(H,16,17)(H,18,19)/t11-/m0/s1. The molecule has 1 atom stereocenters. The fraction of sp³-hybridized carbons (Fsp3) is 0.231. The molecule has 0 aromatic heterocycles. The number of carbonyl (C=O) groups excluding carboxylic acids is 1. The summed E-state index contributed by atoms with van der Waals surface area (Å²) < 4.78 is 0. The summed E-state index contributed by atoms with van der Waals surface area (Å²) in [6.45, 7) is 0.578. The minimum Gasteiger partial charge on any atom is -0.480 e. The highest BCUT2D eigenvalue weighted by atomic mass is 16.4. The van der Waals surface area contributed by atoms with Gasteiger partial charge in [0.15, 0.2) is 0 Å². The minimum absolute atomic E-state index is 0.223. The van der Waals surface area contributed by atoms with Crippen molar-refractivity contribution in [2.45, 2.75) is 12.5 Å². The fourth-order valence-electron chi connectivity index (χ4n) is 1.77. The van der Waals surface area contributed by atoms with E-state index in [2.05, 4.69) is 16.0 Å². The summed E-state index contributed by atoms with van der Waals surface area (Å²) in [5.74, 6) is -1.45. The van der Waals surface area contributed by atoms with Crippen molar-refractivity contribution in [1.29, 1.82) is 0 Å². The van der Waals surface area contributed by atoms with E-state index in [4.69, 9.17) is 5.11 Å². The number of carbonyl (C=O) groups is 2. The molecule has 1 heterocycles. The SMILES string of the molecule is O=C(N[C@@H](CC1=CNCN1)C(=O)O)c1ccccc1. The van der Waals surface area contributed by atoms with Crippen LogP contribution in [0.3, 0.4) is 0 Å². The number of rotatable bonds is 5. The Bertz CT molecular complexity index is 499. The molecule has 19 heavy (non-hydrogen) atoms. The van der Waals surface area contributed by atoms with E-state index in [9.17, 15) is 9.59 Å². The number of amides is 1. The van der Waals surface area contributed by atoms with Crippen LogP contribution in [0.15, 0.2) is 42.2 Å². The van der Waals surface area contributed by atoms with Crippen molar-refractivity contribution in [3.8, 4) is 0 Å². The maximum Gasteiger partial charge on any atom is 0.326 e. The van der Waals surface area contributed by atoms with Crippen LogP contribution in [0.1, 0.15) is 16.8 Å². The molecule has 0 fully saturated rings. The Balaban J connectivity index is 2.00. The van der Waals surface area contributed by atoms with E-state index in [0.29, 0.717) is 12.2 Å². The van der Waals surface area contributed by atoms with Gasteiger partial charge in [-0.3, -0.25) is 4.79 Å². The number of benzene rings is 1. The van der Waals surface area contributed by atoms with E-state index in [1.54, 1.807) is 36.5 Å². The van der Waals surface area contributed by atoms with Crippen molar-refractivity contribution in [3.63, 3.8) is 0 Å². The Morgan fingerprint density at radius 1 is 1.32 bits per heavy atom. The van der Waals surface area contributed by atoms with Crippen molar-refractivity contribution >= 4 is 11.9 Å². The van der Waals surface area contributed by atoms with Crippen LogP contribution < -0.4 is 16.0 Å². The predicted octanol–water partition coefficient (Wildman–Crippen LogP) is 0.251. The molecule has 0 aliphatic carbocycles. The second kappa shape index (κ2) is 5.90. The maximum absolute atomic E-state index is 11.9. The van der Waals surface area contributed by atoms with E-state index < -0.39 is 12.0 Å². The van der Waals surface area contributed by atoms with Crippen molar-refractivity contribution in [3.05, 3.63) is 47.8 Å². The first kappa shape index (κ1) is 12.9. The molecule has 0 bridgehead atoms. The minimum atomic E-state index is -1.06. The van der Waals surface area contributed by atoms with Gasteiger partial charge in [-0.05, 0) is 12.1 Å². The topological polar surface area (TPSA) is 90.5 Å². The number of hydrogen-bond acceptors (Lipinski definition) is 4. The van der Waals surface area contributed by atoms with Crippen LogP contribution in [-0.2, 0) is 4.79 Å². The van der Waals surface area contributed by atoms with Crippen molar-refractivity contribution in [1.82, 2.24) is 16.0 Å². The summed E-state index contributed by atoms with van der Waals surface area (Å²) in [5.41, 5.74) is 1.21. The van der Waals surface area contributed by atoms with Crippen molar-refractivity contribution < 1.29 is 14.7 Å². The Morgan fingerprint density at radius 3 is 2.63 bits per heavy atom. The van der Waals surface area contributed by atoms with Gasteiger partial charge in [-0.25, -0.2) is 4.79 Å². The summed E-state index contributed by atoms with van der Waals surface area (Å²) in [6, 6.07) is 7.59. The van der Waals surface area contributed by atoms with Gasteiger partial charge in [-0.2, -0.15) is 0 Å². The molecule has 6 nitrogen and oxygen atoms in total. The van der Waals surface area contributed by atoms with Gasteiger partial charge in [0, 0.05) is 23.9 Å². The molecule has 1 aromatic rings. The van der Waals surface area contributed by atoms with Crippen LogP contribution in [0.5, 0.6) is 0 Å². The highest BCUT2D eigenvalue weighted by molar-refractivity contribution is 5.96. The first-order valence-corrected chi connectivity index (χ1v) is 5.92. The predicted molar refractivity (Wildman–Crippen MR) is 69.2 cm³/mol. The third-order valence-electron chi connectivity index (χ3n) is 2.76. The molecule has 6 heteroatoms. The average Bonchev–Trinajstić information content (AvgIpc) is 2.91. The molecule has 0 radical (unpaired) electrons. The molecule has 0 spiro atoms. The molecule has 0 unspecified atom stereocenters. The average molecular weight is 261 g/mol. The number of aliphatic carboxylic acids is 1. The third kappa shape index (κ3) is 3.48. The molecule has 4 N–H and O–H groups in total. The van der Waals surface area contributed by atoms with E-state index in [0.717, 1.165) is 5.70 Å². The summed E-state index contributed by atoms with van der Waals surface area (Å²) in [4.78, 5) is 23.1. The number of nitrogens with one attached hydrogen (secondary N) is 3. The molecular weight excluding hydrogens is 246 g/mol. The fourth-order valence-corrected chi connectivity index (χ4v) is 1.77. The molecule has 1 aromatic carbocycles. The molecule has 1 aliphatic rings. The zero-order valence-corrected chi connectivity index (χ0v) is 10.2. The van der Waals surface area contributed by atoms with E-state index >= 15 is 0 Å². The van der Waals surface area contributed by atoms with Gasteiger partial charge in [0.25, 0.3) is 5.91 Å². The van der Waals surface area contributed by atoms with Gasteiger partial charge in [0.05, 0.1) is 6.67 Å². The first-order valence-electron chi connectivity index (χ1n) is 5.92. The Labute approximate surface area is 110 Å². The summed E-state index contributed by atoms with van der Waals surface area (Å²) in [6.07, 6.45) is 1.94. The van der Waals surface area contributed by atoms with Crippen LogP contribution in [0.4, 0.5) is 0 Å². The third-order valence-corrected chi connectivity index (χ3v) is 2.76. The summed E-state index contributed by atoms with van der Waals surface area (Å²) in [5, 5.41) is 17.6. The highest BCUT2D eigenvalue weighted by Crippen LogP contribution is 2.06. The number of carboxylic acid groups (broad SMARTS) is 1. The van der Waals surface area contributed by atoms with E-state index in [1.807, 2.05) is 0 Å². The van der Waals surface area contributed by atoms with Gasteiger partial charge >= 0.3 is 5.97 Å². The Hall–Kier alpha value is -2.50. The maximum atomic E-state index is 11.9. The molecular formula is C13H15N3O3. The first-order chi connectivity index (χ1) is 9.16. The second-order valence-electron chi connectivity index (χ2n) is 4.16. The smallest absolute Gasteiger partial charge is 0.326 e. The zero-order valence-electron chi connectivity index (χ0n) is 10.2. The zero-order chi connectivity index (χ0) is 13.7. The van der Waals surface area contributed by atoms with E-state index in [1.165, 1.54) is 0 Å². The largest absolute Gasteiger partial charge is 0.480 e. The van der Waals surface area contributed by atoms with Crippen LogP contribution in [0.2, 0.25) is 0 Å². The quantitative estimate of drug-likeness (QED) is 0.610. The van der Waals surface area contributed by atoms with Gasteiger partial charge in [0.1, 0.15) is 6.04 Å². The van der Waals surface area contributed by atoms with Gasteiger partial charge in [-0.15, -0.1) is 0 Å². The Morgan fingerprint density at radius 2 is 2.05 bits per heavy atom. The molecule has 0 saturated carbocycles. The lowest BCUT2D eigenvalue weighted by Gasteiger charge is -2.15. The van der Waals surface area contributed by atoms with Crippen molar-refractivity contribution in [2.24, 2.45) is 0 Å². The lowest BCUT2D eigenvalue weighted by Crippen LogP contribution is -2.41. The monoisotopic (exact) mass is 261 g/mol. The summed E-state index contributed by atoms with van der Waals surface area (Å²) >= 11 is 0. The van der Waals surface area contributed by atoms with Crippen LogP contribution >= 0.6 is 0 Å². The van der Waals surface area contributed by atoms with Gasteiger partial charge < -0.3 is 21.1 Å². The van der Waals surface area contributed by atoms with Gasteiger partial charge in [-0.1, -0.05) is 18.2 Å². The lowest BCUT2D eigenvalue weighted by molar-refractivity contribution is -0.139. The van der Waals surface area contributed by atoms with Crippen LogP contribution in [0.25, 0.3) is 0 Å². The molecule has 0 saturated heterocycles.